The van der Waals surface area contributed by atoms with Crippen molar-refractivity contribution in [2.75, 3.05) is 12.4 Å². The van der Waals surface area contributed by atoms with Crippen molar-refractivity contribution in [3.05, 3.63) is 47.9 Å². The zero-order valence-corrected chi connectivity index (χ0v) is 11.4. The highest BCUT2D eigenvalue weighted by molar-refractivity contribution is 5.89. The van der Waals surface area contributed by atoms with Gasteiger partial charge in [0, 0.05) is 36.4 Å². The molecule has 6 nitrogen and oxygen atoms in total. The zero-order chi connectivity index (χ0) is 14.4. The smallest absolute Gasteiger partial charge is 0.319 e. The number of methoxy groups -OCH3 is 1. The summed E-state index contributed by atoms with van der Waals surface area (Å²) < 4.78 is 5.02. The van der Waals surface area contributed by atoms with E-state index >= 15 is 0 Å². The first-order valence-electron chi connectivity index (χ1n) is 6.14. The third kappa shape index (κ3) is 3.94. The Morgan fingerprint density at radius 2 is 2.05 bits per heavy atom. The van der Waals surface area contributed by atoms with Gasteiger partial charge >= 0.3 is 6.03 Å². The van der Waals surface area contributed by atoms with Gasteiger partial charge in [-0.05, 0) is 30.7 Å². The first-order valence-corrected chi connectivity index (χ1v) is 6.14. The number of carbonyl (C=O) groups excluding carboxylic acids is 1. The van der Waals surface area contributed by atoms with E-state index in [2.05, 4.69) is 20.6 Å². The fraction of sp³-hybridized carbons (Fsp3) is 0.214. The molecule has 104 valence electrons. The highest BCUT2D eigenvalue weighted by Gasteiger charge is 2.03. The van der Waals surface area contributed by atoms with Crippen molar-refractivity contribution >= 4 is 11.7 Å². The monoisotopic (exact) mass is 272 g/mol. The van der Waals surface area contributed by atoms with Crippen molar-refractivity contribution in [1.82, 2.24) is 15.3 Å². The maximum atomic E-state index is 11.8. The van der Waals surface area contributed by atoms with Crippen LogP contribution in [0.2, 0.25) is 0 Å². The molecule has 0 saturated heterocycles. The number of aromatic nitrogens is 2. The molecular weight excluding hydrogens is 256 g/mol. The summed E-state index contributed by atoms with van der Waals surface area (Å²) in [7, 11) is 1.55. The molecule has 0 aliphatic heterocycles. The van der Waals surface area contributed by atoms with Crippen LogP contribution in [0.25, 0.3) is 0 Å². The van der Waals surface area contributed by atoms with E-state index in [1.807, 2.05) is 13.0 Å². The second-order valence-corrected chi connectivity index (χ2v) is 4.20. The second kappa shape index (κ2) is 6.51. The Balaban J connectivity index is 1.88. The van der Waals surface area contributed by atoms with Gasteiger partial charge in [0.15, 0.2) is 0 Å². The van der Waals surface area contributed by atoms with E-state index in [1.165, 1.54) is 0 Å². The van der Waals surface area contributed by atoms with Crippen LogP contribution in [0.4, 0.5) is 10.5 Å². The van der Waals surface area contributed by atoms with E-state index in [4.69, 9.17) is 4.74 Å². The number of hydrogen-bond acceptors (Lipinski definition) is 4. The molecule has 2 aromatic rings. The van der Waals surface area contributed by atoms with E-state index in [1.54, 1.807) is 37.7 Å². The van der Waals surface area contributed by atoms with Crippen molar-refractivity contribution in [2.45, 2.75) is 13.5 Å². The summed E-state index contributed by atoms with van der Waals surface area (Å²) in [5.41, 5.74) is 2.47. The van der Waals surface area contributed by atoms with Gasteiger partial charge in [0.05, 0.1) is 7.11 Å². The van der Waals surface area contributed by atoms with Crippen molar-refractivity contribution < 1.29 is 9.53 Å². The SMILES string of the molecule is COc1cc(CNC(=O)Nc2ccnc(C)c2)ccn1. The summed E-state index contributed by atoms with van der Waals surface area (Å²) >= 11 is 0. The molecule has 0 spiro atoms. The summed E-state index contributed by atoms with van der Waals surface area (Å²) in [6.07, 6.45) is 3.29. The van der Waals surface area contributed by atoms with Gasteiger partial charge in [-0.25, -0.2) is 9.78 Å². The van der Waals surface area contributed by atoms with Crippen molar-refractivity contribution in [2.24, 2.45) is 0 Å². The number of ether oxygens (including phenoxy) is 1. The molecule has 0 radical (unpaired) electrons. The predicted octanol–water partition coefficient (Wildman–Crippen LogP) is 2.12. The van der Waals surface area contributed by atoms with Gasteiger partial charge in [-0.15, -0.1) is 0 Å². The van der Waals surface area contributed by atoms with E-state index < -0.39 is 0 Å². The van der Waals surface area contributed by atoms with Gasteiger partial charge in [0.1, 0.15) is 0 Å². The quantitative estimate of drug-likeness (QED) is 0.893. The topological polar surface area (TPSA) is 76.1 Å². The van der Waals surface area contributed by atoms with Crippen LogP contribution in [-0.2, 0) is 6.54 Å². The Morgan fingerprint density at radius 3 is 2.80 bits per heavy atom. The van der Waals surface area contributed by atoms with Crippen LogP contribution in [0.15, 0.2) is 36.7 Å². The van der Waals surface area contributed by atoms with E-state index in [0.29, 0.717) is 18.1 Å². The Morgan fingerprint density at radius 1 is 1.25 bits per heavy atom. The summed E-state index contributed by atoms with van der Waals surface area (Å²) in [4.78, 5) is 19.8. The molecule has 0 aliphatic rings. The van der Waals surface area contributed by atoms with Crippen molar-refractivity contribution in [1.29, 1.82) is 0 Å². The molecule has 6 heteroatoms. The third-order valence-corrected chi connectivity index (χ3v) is 2.62. The molecule has 0 aromatic carbocycles. The number of anilines is 1. The molecule has 0 atom stereocenters. The van der Waals surface area contributed by atoms with Crippen LogP contribution in [0, 0.1) is 6.92 Å². The number of urea groups is 1. The minimum Gasteiger partial charge on any atom is -0.481 e. The molecule has 2 heterocycles. The Bertz CT molecular complexity index is 601. The highest BCUT2D eigenvalue weighted by Crippen LogP contribution is 2.09. The van der Waals surface area contributed by atoms with Crippen LogP contribution in [0.3, 0.4) is 0 Å². The normalized spacial score (nSPS) is 9.90. The number of carbonyl (C=O) groups is 1. The van der Waals surface area contributed by atoms with Gasteiger partial charge < -0.3 is 15.4 Å². The Labute approximate surface area is 117 Å². The van der Waals surface area contributed by atoms with Crippen LogP contribution in [0.1, 0.15) is 11.3 Å². The first kappa shape index (κ1) is 13.8. The molecular formula is C14H16N4O2. The lowest BCUT2D eigenvalue weighted by Gasteiger charge is -2.08. The summed E-state index contributed by atoms with van der Waals surface area (Å²) in [5.74, 6) is 0.523. The van der Waals surface area contributed by atoms with E-state index in [0.717, 1.165) is 11.3 Å². The molecule has 0 fully saturated rings. The van der Waals surface area contributed by atoms with Gasteiger partial charge in [-0.1, -0.05) is 0 Å². The maximum absolute atomic E-state index is 11.8. The van der Waals surface area contributed by atoms with Crippen LogP contribution < -0.4 is 15.4 Å². The summed E-state index contributed by atoms with van der Waals surface area (Å²) in [6.45, 7) is 2.26. The third-order valence-electron chi connectivity index (χ3n) is 2.62. The highest BCUT2D eigenvalue weighted by atomic mass is 16.5. The molecule has 2 rings (SSSR count). The van der Waals surface area contributed by atoms with E-state index in [-0.39, 0.29) is 6.03 Å². The summed E-state index contributed by atoms with van der Waals surface area (Å²) in [6, 6.07) is 6.86. The number of amides is 2. The second-order valence-electron chi connectivity index (χ2n) is 4.20. The van der Waals surface area contributed by atoms with Gasteiger partial charge in [0.25, 0.3) is 0 Å². The minimum atomic E-state index is -0.272. The lowest BCUT2D eigenvalue weighted by molar-refractivity contribution is 0.251. The van der Waals surface area contributed by atoms with Gasteiger partial charge in [-0.3, -0.25) is 4.98 Å². The summed E-state index contributed by atoms with van der Waals surface area (Å²) in [5, 5.41) is 5.51. The molecule has 2 aromatic heterocycles. The Kier molecular flexibility index (Phi) is 4.49. The molecule has 0 aliphatic carbocycles. The fourth-order valence-electron chi connectivity index (χ4n) is 1.65. The number of rotatable bonds is 4. The van der Waals surface area contributed by atoms with Crippen LogP contribution >= 0.6 is 0 Å². The predicted molar refractivity (Wildman–Crippen MR) is 75.6 cm³/mol. The fourth-order valence-corrected chi connectivity index (χ4v) is 1.65. The van der Waals surface area contributed by atoms with E-state index in [9.17, 15) is 4.79 Å². The number of nitrogens with one attached hydrogen (secondary N) is 2. The number of nitrogens with zero attached hydrogens (tertiary/aromatic N) is 2. The van der Waals surface area contributed by atoms with Crippen molar-refractivity contribution in [3.8, 4) is 5.88 Å². The number of aryl methyl sites for hydroxylation is 1. The largest absolute Gasteiger partial charge is 0.481 e. The average molecular weight is 272 g/mol. The van der Waals surface area contributed by atoms with Crippen molar-refractivity contribution in [3.63, 3.8) is 0 Å². The molecule has 0 unspecified atom stereocenters. The molecule has 2 amide bonds. The standard InChI is InChI=1S/C14H16N4O2/c1-10-7-12(4-6-15-10)18-14(19)17-9-11-3-5-16-13(8-11)20-2/h3-8H,9H2,1-2H3,(H2,15,17,18,19). The lowest BCUT2D eigenvalue weighted by Crippen LogP contribution is -2.28. The molecule has 0 bridgehead atoms. The number of hydrogen-bond donors (Lipinski definition) is 2. The number of pyridine rings is 2. The Hall–Kier alpha value is -2.63. The average Bonchev–Trinajstić information content (AvgIpc) is 2.45. The lowest BCUT2D eigenvalue weighted by atomic mass is 10.2. The molecule has 0 saturated carbocycles. The van der Waals surface area contributed by atoms with Gasteiger partial charge in [-0.2, -0.15) is 0 Å². The first-order chi connectivity index (χ1) is 9.67. The maximum Gasteiger partial charge on any atom is 0.319 e. The molecule has 2 N–H and O–H groups in total. The van der Waals surface area contributed by atoms with Gasteiger partial charge in [0.2, 0.25) is 5.88 Å². The minimum absolute atomic E-state index is 0.272. The molecule has 20 heavy (non-hydrogen) atoms. The van der Waals surface area contributed by atoms with Crippen LogP contribution in [-0.4, -0.2) is 23.1 Å². The van der Waals surface area contributed by atoms with Crippen LogP contribution in [0.5, 0.6) is 5.88 Å². The zero-order valence-electron chi connectivity index (χ0n) is 11.4.